The number of isothiocyanates is 1. The van der Waals surface area contributed by atoms with Crippen LogP contribution >= 0.6 is 12.2 Å². The highest BCUT2D eigenvalue weighted by Gasteiger charge is 2.57. The smallest absolute Gasteiger partial charge is 0.0726 e. The van der Waals surface area contributed by atoms with Crippen LogP contribution in [0.2, 0.25) is 0 Å². The van der Waals surface area contributed by atoms with Crippen molar-refractivity contribution in [3.8, 4) is 0 Å². The normalized spacial score (nSPS) is 44.0. The Balaban J connectivity index is 1.94. The van der Waals surface area contributed by atoms with Gasteiger partial charge in [-0.25, -0.2) is 4.99 Å². The van der Waals surface area contributed by atoms with Gasteiger partial charge >= 0.3 is 0 Å². The van der Waals surface area contributed by atoms with Crippen LogP contribution in [0, 0.1) is 42.6 Å². The van der Waals surface area contributed by atoms with E-state index < -0.39 is 0 Å². The van der Waals surface area contributed by atoms with Gasteiger partial charge in [-0.1, -0.05) is 19.1 Å². The number of aliphatic imine (C=N–C) groups is 1. The molecule has 140 valence electrons. The van der Waals surface area contributed by atoms with Crippen molar-refractivity contribution in [3.05, 3.63) is 19.2 Å². The average Bonchev–Trinajstić information content (AvgIpc) is 2.53. The lowest BCUT2D eigenvalue weighted by atomic mass is 9.46. The van der Waals surface area contributed by atoms with E-state index in [9.17, 15) is 0 Å². The summed E-state index contributed by atoms with van der Waals surface area (Å²) in [4.78, 5) is 4.47. The Hall–Kier alpha value is -0.500. The number of allylic oxidation sites excluding steroid dienone is 1. The molecule has 3 fully saturated rings. The number of hydrogen-bond acceptors (Lipinski definition) is 2. The molecule has 0 heterocycles. The van der Waals surface area contributed by atoms with Gasteiger partial charge in [0.1, 0.15) is 0 Å². The van der Waals surface area contributed by atoms with Crippen LogP contribution in [-0.4, -0.2) is 16.2 Å². The van der Waals surface area contributed by atoms with Crippen molar-refractivity contribution in [1.29, 1.82) is 0 Å². The van der Waals surface area contributed by atoms with Crippen molar-refractivity contribution in [2.45, 2.75) is 77.3 Å². The second-order valence-electron chi connectivity index (χ2n) is 10.0. The van der Waals surface area contributed by atoms with Crippen molar-refractivity contribution in [1.82, 2.24) is 0 Å². The van der Waals surface area contributed by atoms with E-state index >= 15 is 0 Å². The predicted octanol–water partition coefficient (Wildman–Crippen LogP) is 4.64. The Labute approximate surface area is 159 Å². The molecule has 3 aliphatic rings. The minimum atomic E-state index is -0.109. The Bertz CT molecular complexity index is 577. The van der Waals surface area contributed by atoms with Gasteiger partial charge in [0.25, 0.3) is 0 Å². The maximum atomic E-state index is 4.90. The molecule has 3 saturated carbocycles. The van der Waals surface area contributed by atoms with E-state index in [1.165, 1.54) is 37.7 Å². The highest BCUT2D eigenvalue weighted by molar-refractivity contribution is 7.78. The SMILES string of the molecule is C=C1CCC2C3C(CCC2(C)[NH2+][CH2-])C(C)CC(CC(C)(C)N=C=S)C13. The number of thiocarbonyl (C=S) groups is 1. The molecule has 3 aliphatic carbocycles. The predicted molar refractivity (Wildman–Crippen MR) is 108 cm³/mol. The standard InChI is InChI=1S/C22H36N2S/c1-14-7-8-18-20-17(9-10-22(18,5)23-6)15(2)11-16(19(14)20)12-21(3,4)24-13-25/h15-20H,1,6-12,23H2,2-5H3. The molecule has 0 aromatic rings. The number of rotatable bonds is 4. The number of nitrogens with two attached hydrogens (primary N) is 1. The van der Waals surface area contributed by atoms with E-state index in [0.29, 0.717) is 17.4 Å². The summed E-state index contributed by atoms with van der Waals surface area (Å²) in [7, 11) is 4.22. The molecule has 2 nitrogen and oxygen atoms in total. The molecule has 0 spiro atoms. The van der Waals surface area contributed by atoms with Crippen LogP contribution in [0.1, 0.15) is 66.2 Å². The van der Waals surface area contributed by atoms with E-state index in [1.54, 1.807) is 0 Å². The number of quaternary nitrogens is 1. The minimum absolute atomic E-state index is 0.109. The fraction of sp³-hybridized carbons (Fsp3) is 0.818. The second-order valence-corrected chi connectivity index (χ2v) is 10.2. The molecule has 7 atom stereocenters. The van der Waals surface area contributed by atoms with Crippen LogP contribution in [0.3, 0.4) is 0 Å². The first-order valence-electron chi connectivity index (χ1n) is 10.1. The molecule has 0 aliphatic heterocycles. The molecular formula is C22H36N2S. The maximum Gasteiger partial charge on any atom is 0.0726 e. The van der Waals surface area contributed by atoms with Crippen molar-refractivity contribution < 1.29 is 5.32 Å². The maximum absolute atomic E-state index is 4.90. The van der Waals surface area contributed by atoms with E-state index in [-0.39, 0.29) is 5.54 Å². The highest BCUT2D eigenvalue weighted by Crippen LogP contribution is 2.60. The second kappa shape index (κ2) is 6.91. The van der Waals surface area contributed by atoms with Gasteiger partial charge in [0, 0.05) is 12.3 Å². The number of nitrogens with zero attached hydrogens (tertiary/aromatic N) is 1. The quantitative estimate of drug-likeness (QED) is 0.336. The van der Waals surface area contributed by atoms with Gasteiger partial charge in [0.2, 0.25) is 0 Å². The van der Waals surface area contributed by atoms with Gasteiger partial charge in [-0.05, 0) is 94.7 Å². The van der Waals surface area contributed by atoms with Crippen LogP contribution in [-0.2, 0) is 0 Å². The third-order valence-electron chi connectivity index (χ3n) is 7.97. The fourth-order valence-electron chi connectivity index (χ4n) is 6.80. The molecular weight excluding hydrogens is 324 g/mol. The Morgan fingerprint density at radius 3 is 2.80 bits per heavy atom. The van der Waals surface area contributed by atoms with Gasteiger partial charge in [0.15, 0.2) is 0 Å². The molecule has 0 radical (unpaired) electrons. The van der Waals surface area contributed by atoms with Crippen LogP contribution in [0.4, 0.5) is 0 Å². The first-order chi connectivity index (χ1) is 11.7. The van der Waals surface area contributed by atoms with Crippen LogP contribution < -0.4 is 5.32 Å². The molecule has 7 unspecified atom stereocenters. The van der Waals surface area contributed by atoms with Crippen molar-refractivity contribution >= 4 is 17.4 Å². The van der Waals surface area contributed by atoms with E-state index in [2.05, 4.69) is 56.8 Å². The minimum Gasteiger partial charge on any atom is -0.474 e. The summed E-state index contributed by atoms with van der Waals surface area (Å²) in [5, 5.41) is 4.90. The first-order valence-corrected chi connectivity index (χ1v) is 10.5. The first kappa shape index (κ1) is 19.3. The molecule has 25 heavy (non-hydrogen) atoms. The Kier molecular flexibility index (Phi) is 5.32. The van der Waals surface area contributed by atoms with Crippen LogP contribution in [0.15, 0.2) is 17.1 Å². The van der Waals surface area contributed by atoms with Gasteiger partial charge < -0.3 is 5.32 Å². The van der Waals surface area contributed by atoms with Gasteiger partial charge in [-0.15, -0.1) is 0 Å². The highest BCUT2D eigenvalue weighted by atomic mass is 32.1. The molecule has 2 N–H and O–H groups in total. The van der Waals surface area contributed by atoms with E-state index in [1.807, 2.05) is 0 Å². The average molecular weight is 361 g/mol. The molecule has 3 heteroatoms. The summed E-state index contributed by atoms with van der Waals surface area (Å²) in [6.07, 6.45) is 7.61. The third-order valence-corrected chi connectivity index (χ3v) is 8.07. The fourth-order valence-corrected chi connectivity index (χ4v) is 7.04. The summed E-state index contributed by atoms with van der Waals surface area (Å²) < 4.78 is 0. The van der Waals surface area contributed by atoms with Crippen molar-refractivity contribution in [3.63, 3.8) is 0 Å². The summed E-state index contributed by atoms with van der Waals surface area (Å²) in [6.45, 7) is 13.9. The van der Waals surface area contributed by atoms with E-state index in [4.69, 9.17) is 12.2 Å². The third kappa shape index (κ3) is 3.40. The van der Waals surface area contributed by atoms with Gasteiger partial charge in [-0.3, -0.25) is 0 Å². The zero-order valence-corrected chi connectivity index (χ0v) is 17.4. The summed E-state index contributed by atoms with van der Waals surface area (Å²) in [6, 6.07) is 0. The summed E-state index contributed by atoms with van der Waals surface area (Å²) in [5.74, 6) is 4.59. The topological polar surface area (TPSA) is 29.0 Å². The summed E-state index contributed by atoms with van der Waals surface area (Å²) in [5.41, 5.74) is 1.71. The lowest BCUT2D eigenvalue weighted by Gasteiger charge is -2.60. The molecule has 3 rings (SSSR count). The van der Waals surface area contributed by atoms with Gasteiger partial charge in [-0.2, -0.15) is 7.05 Å². The lowest BCUT2D eigenvalue weighted by molar-refractivity contribution is -0.688. The zero-order valence-electron chi connectivity index (χ0n) is 16.6. The van der Waals surface area contributed by atoms with Crippen molar-refractivity contribution in [2.75, 3.05) is 0 Å². The largest absolute Gasteiger partial charge is 0.474 e. The zero-order chi connectivity index (χ0) is 18.4. The van der Waals surface area contributed by atoms with Crippen LogP contribution in [0.5, 0.6) is 0 Å². The van der Waals surface area contributed by atoms with Crippen LogP contribution in [0.25, 0.3) is 0 Å². The molecule has 0 amide bonds. The molecule has 0 bridgehead atoms. The monoisotopic (exact) mass is 360 g/mol. The lowest BCUT2D eigenvalue weighted by Crippen LogP contribution is -2.94. The Morgan fingerprint density at radius 2 is 2.16 bits per heavy atom. The van der Waals surface area contributed by atoms with Gasteiger partial charge in [0.05, 0.1) is 16.2 Å². The molecule has 0 saturated heterocycles. The van der Waals surface area contributed by atoms with E-state index in [0.717, 1.165) is 30.1 Å². The summed E-state index contributed by atoms with van der Waals surface area (Å²) >= 11 is 4.90. The molecule has 0 aromatic carbocycles. The van der Waals surface area contributed by atoms with Crippen molar-refractivity contribution in [2.24, 2.45) is 40.5 Å². The number of hydrogen-bond donors (Lipinski definition) is 1. The Morgan fingerprint density at radius 1 is 1.44 bits per heavy atom. The molecule has 0 aromatic heterocycles.